The SMILES string of the molecule is O=C(O)c1cc([N+](=O)[O-])ccc1-c1ccc(/C=N\N2C(=O)[C@@H]3[C@H]4C=C[C@@H]([C@@H]5C[C@@H]45)[C@@H]3C2=O)o1. The number of hydrogen-bond acceptors (Lipinski definition) is 7. The maximum absolute atomic E-state index is 13.0. The average Bonchev–Trinajstić information content (AvgIpc) is 3.44. The number of hydrazone groups is 1. The second-order valence-electron chi connectivity index (χ2n) is 8.88. The van der Waals surface area contributed by atoms with Crippen molar-refractivity contribution < 1.29 is 28.8 Å². The lowest BCUT2D eigenvalue weighted by Crippen LogP contribution is -2.40. The smallest absolute Gasteiger partial charge is 0.336 e. The summed E-state index contributed by atoms with van der Waals surface area (Å²) in [7, 11) is 0. The molecule has 6 atom stereocenters. The van der Waals surface area contributed by atoms with Gasteiger partial charge in [-0.2, -0.15) is 10.1 Å². The molecule has 3 fully saturated rings. The van der Waals surface area contributed by atoms with Crippen LogP contribution in [0.5, 0.6) is 0 Å². The molecule has 2 amide bonds. The first-order chi connectivity index (χ1) is 15.8. The number of benzene rings is 1. The minimum Gasteiger partial charge on any atom is -0.478 e. The van der Waals surface area contributed by atoms with Crippen LogP contribution < -0.4 is 0 Å². The fraction of sp³-hybridized carbons (Fsp3) is 0.304. The first kappa shape index (κ1) is 19.6. The van der Waals surface area contributed by atoms with Gasteiger partial charge in [-0.25, -0.2) is 4.79 Å². The first-order valence-electron chi connectivity index (χ1n) is 10.6. The number of nitro groups is 1. The molecule has 7 rings (SSSR count). The third-order valence-corrected chi connectivity index (χ3v) is 7.28. The highest BCUT2D eigenvalue weighted by Crippen LogP contribution is 2.65. The third kappa shape index (κ3) is 2.80. The number of carboxylic acid groups (broad SMARTS) is 1. The van der Waals surface area contributed by atoms with Crippen molar-refractivity contribution in [3.63, 3.8) is 0 Å². The molecule has 1 aromatic carbocycles. The molecule has 2 aromatic rings. The summed E-state index contributed by atoms with van der Waals surface area (Å²) in [6.07, 6.45) is 6.50. The van der Waals surface area contributed by atoms with E-state index in [1.807, 2.05) is 0 Å². The summed E-state index contributed by atoms with van der Waals surface area (Å²) < 4.78 is 5.64. The Labute approximate surface area is 186 Å². The predicted octanol–water partition coefficient (Wildman–Crippen LogP) is 2.94. The predicted molar refractivity (Wildman–Crippen MR) is 112 cm³/mol. The zero-order chi connectivity index (χ0) is 23.0. The quantitative estimate of drug-likeness (QED) is 0.244. The maximum atomic E-state index is 13.0. The lowest BCUT2D eigenvalue weighted by molar-refractivity contribution is -0.384. The molecule has 10 nitrogen and oxygen atoms in total. The van der Waals surface area contributed by atoms with Gasteiger partial charge in [0.15, 0.2) is 0 Å². The number of aromatic carboxylic acids is 1. The minimum atomic E-state index is -1.34. The number of nitrogens with zero attached hydrogens (tertiary/aromatic N) is 3. The third-order valence-electron chi connectivity index (χ3n) is 7.28. The van der Waals surface area contributed by atoms with E-state index in [2.05, 4.69) is 17.3 Å². The molecule has 1 aromatic heterocycles. The maximum Gasteiger partial charge on any atom is 0.336 e. The number of non-ortho nitro benzene ring substituents is 1. The Morgan fingerprint density at radius 1 is 1.12 bits per heavy atom. The molecule has 5 aliphatic rings. The zero-order valence-corrected chi connectivity index (χ0v) is 17.0. The van der Waals surface area contributed by atoms with Crippen molar-refractivity contribution in [1.82, 2.24) is 5.01 Å². The summed E-state index contributed by atoms with van der Waals surface area (Å²) in [6.45, 7) is 0. The van der Waals surface area contributed by atoms with Gasteiger partial charge in [0.25, 0.3) is 17.5 Å². The molecule has 1 N–H and O–H groups in total. The number of amides is 2. The number of carbonyl (C=O) groups is 3. The van der Waals surface area contributed by atoms with Crippen molar-refractivity contribution in [3.8, 4) is 11.3 Å². The molecular weight excluding hydrogens is 430 g/mol. The highest BCUT2D eigenvalue weighted by Gasteiger charge is 2.67. The van der Waals surface area contributed by atoms with Gasteiger partial charge >= 0.3 is 5.97 Å². The molecule has 4 aliphatic carbocycles. The van der Waals surface area contributed by atoms with Crippen LogP contribution in [0, 0.1) is 45.6 Å². The van der Waals surface area contributed by atoms with Crippen molar-refractivity contribution in [2.75, 3.05) is 0 Å². The second-order valence-corrected chi connectivity index (χ2v) is 8.88. The number of imide groups is 1. The van der Waals surface area contributed by atoms with E-state index in [0.29, 0.717) is 11.8 Å². The second kappa shape index (κ2) is 6.71. The monoisotopic (exact) mass is 447 g/mol. The molecule has 33 heavy (non-hydrogen) atoms. The highest BCUT2D eigenvalue weighted by atomic mass is 16.6. The van der Waals surface area contributed by atoms with E-state index in [1.165, 1.54) is 30.5 Å². The van der Waals surface area contributed by atoms with Crippen LogP contribution in [0.15, 0.2) is 52.0 Å². The normalized spacial score (nSPS) is 31.2. The standard InChI is InChI=1S/C23H17N3O7/c27-21-19-13-4-5-14(16-8-15(13)16)20(19)22(28)25(21)24-9-11-2-6-18(33-11)12-3-1-10(26(31)32)7-17(12)23(29)30/h1-7,9,13-16,19-20H,8H2,(H,29,30)/b24-9-/t13-,14-,15-,16-,19-,20+/m0/s1. The van der Waals surface area contributed by atoms with Crippen LogP contribution in [-0.4, -0.2) is 39.0 Å². The number of hydrogen-bond donors (Lipinski definition) is 1. The van der Waals surface area contributed by atoms with Gasteiger partial charge < -0.3 is 9.52 Å². The van der Waals surface area contributed by atoms with Gasteiger partial charge in [-0.3, -0.25) is 19.7 Å². The van der Waals surface area contributed by atoms with Gasteiger partial charge in [0.05, 0.1) is 28.5 Å². The molecule has 1 aliphatic heterocycles. The van der Waals surface area contributed by atoms with Crippen LogP contribution >= 0.6 is 0 Å². The number of carboxylic acids is 1. The van der Waals surface area contributed by atoms with Crippen molar-refractivity contribution in [2.45, 2.75) is 6.42 Å². The van der Waals surface area contributed by atoms with Gasteiger partial charge in [-0.05, 0) is 48.3 Å². The Hall–Kier alpha value is -4.08. The Balaban J connectivity index is 1.26. The largest absolute Gasteiger partial charge is 0.478 e. The summed E-state index contributed by atoms with van der Waals surface area (Å²) in [5, 5.41) is 25.4. The number of rotatable bonds is 5. The van der Waals surface area contributed by atoms with E-state index < -0.39 is 10.9 Å². The Bertz CT molecular complexity index is 1270. The molecule has 2 bridgehead atoms. The Morgan fingerprint density at radius 3 is 2.39 bits per heavy atom. The van der Waals surface area contributed by atoms with E-state index in [-0.39, 0.29) is 63.8 Å². The van der Waals surface area contributed by atoms with Crippen molar-refractivity contribution >= 4 is 29.7 Å². The van der Waals surface area contributed by atoms with Gasteiger partial charge in [-0.1, -0.05) is 12.2 Å². The molecule has 0 spiro atoms. The van der Waals surface area contributed by atoms with Crippen LogP contribution in [0.25, 0.3) is 11.3 Å². The number of furan rings is 1. The number of nitro benzene ring substituents is 1. The zero-order valence-electron chi connectivity index (χ0n) is 17.0. The van der Waals surface area contributed by atoms with Crippen LogP contribution in [0.2, 0.25) is 0 Å². The van der Waals surface area contributed by atoms with Gasteiger partial charge in [0.1, 0.15) is 11.5 Å². The summed E-state index contributed by atoms with van der Waals surface area (Å²) in [4.78, 5) is 47.8. The van der Waals surface area contributed by atoms with Crippen LogP contribution in [0.4, 0.5) is 5.69 Å². The first-order valence-corrected chi connectivity index (χ1v) is 10.6. The van der Waals surface area contributed by atoms with Crippen molar-refractivity contribution in [2.24, 2.45) is 40.6 Å². The Morgan fingerprint density at radius 2 is 1.79 bits per heavy atom. The molecule has 10 heteroatoms. The van der Waals surface area contributed by atoms with E-state index in [4.69, 9.17) is 4.42 Å². The molecular formula is C23H17N3O7. The lowest BCUT2D eigenvalue weighted by Gasteiger charge is -2.37. The molecule has 2 saturated carbocycles. The number of carbonyl (C=O) groups excluding carboxylic acids is 2. The van der Waals surface area contributed by atoms with Crippen LogP contribution in [-0.2, 0) is 9.59 Å². The summed E-state index contributed by atoms with van der Waals surface area (Å²) in [5.41, 5.74) is -0.468. The van der Waals surface area contributed by atoms with Crippen LogP contribution in [0.1, 0.15) is 22.5 Å². The van der Waals surface area contributed by atoms with E-state index in [1.54, 1.807) is 0 Å². The van der Waals surface area contributed by atoms with E-state index >= 15 is 0 Å². The molecule has 2 heterocycles. The lowest BCUT2D eigenvalue weighted by atomic mass is 9.63. The Kier molecular flexibility index (Phi) is 3.98. The van der Waals surface area contributed by atoms with Crippen LogP contribution in [0.3, 0.4) is 0 Å². The molecule has 0 unspecified atom stereocenters. The molecule has 166 valence electrons. The fourth-order valence-corrected chi connectivity index (χ4v) is 5.77. The summed E-state index contributed by atoms with van der Waals surface area (Å²) in [5.74, 6) is -1.03. The number of allylic oxidation sites excluding steroid dienone is 2. The van der Waals surface area contributed by atoms with Crippen molar-refractivity contribution in [1.29, 1.82) is 0 Å². The van der Waals surface area contributed by atoms with E-state index in [0.717, 1.165) is 17.5 Å². The van der Waals surface area contributed by atoms with Gasteiger partial charge in [0, 0.05) is 17.7 Å². The summed E-state index contributed by atoms with van der Waals surface area (Å²) in [6, 6.07) is 6.47. The highest BCUT2D eigenvalue weighted by molar-refractivity contribution is 6.06. The topological polar surface area (TPSA) is 143 Å². The average molecular weight is 447 g/mol. The van der Waals surface area contributed by atoms with Gasteiger partial charge in [0.2, 0.25) is 0 Å². The van der Waals surface area contributed by atoms with Crippen molar-refractivity contribution in [3.05, 3.63) is 63.9 Å². The summed E-state index contributed by atoms with van der Waals surface area (Å²) >= 11 is 0. The fourth-order valence-electron chi connectivity index (χ4n) is 5.77. The molecule has 0 radical (unpaired) electrons. The molecule has 1 saturated heterocycles. The minimum absolute atomic E-state index is 0.105. The van der Waals surface area contributed by atoms with E-state index in [9.17, 15) is 29.6 Å². The van der Waals surface area contributed by atoms with Gasteiger partial charge in [-0.15, -0.1) is 0 Å².